The first-order valence-electron chi connectivity index (χ1n) is 6.77. The predicted molar refractivity (Wildman–Crippen MR) is 89.1 cm³/mol. The highest BCUT2D eigenvalue weighted by Gasteiger charge is 2.15. The van der Waals surface area contributed by atoms with Gasteiger partial charge in [-0.25, -0.2) is 0 Å². The molecule has 0 saturated carbocycles. The molecular weight excluding hydrogens is 330 g/mol. The minimum atomic E-state index is -0.135. The monoisotopic (exact) mass is 349 g/mol. The lowest BCUT2D eigenvalue weighted by atomic mass is 9.97. The summed E-state index contributed by atoms with van der Waals surface area (Å²) in [6, 6.07) is 11.9. The number of ether oxygens (including phenoxy) is 2. The van der Waals surface area contributed by atoms with Gasteiger partial charge < -0.3 is 15.2 Å². The van der Waals surface area contributed by atoms with Crippen LogP contribution in [-0.2, 0) is 6.42 Å². The molecule has 112 valence electrons. The summed E-state index contributed by atoms with van der Waals surface area (Å²) in [7, 11) is 3.34. The summed E-state index contributed by atoms with van der Waals surface area (Å²) in [5.74, 6) is 1.67. The first kappa shape index (κ1) is 15.9. The lowest BCUT2D eigenvalue weighted by Gasteiger charge is -2.17. The van der Waals surface area contributed by atoms with Crippen LogP contribution in [0.5, 0.6) is 11.5 Å². The van der Waals surface area contributed by atoms with Crippen LogP contribution < -0.4 is 15.2 Å². The smallest absolute Gasteiger partial charge is 0.123 e. The fourth-order valence-corrected chi connectivity index (χ4v) is 2.66. The first-order valence-corrected chi connectivity index (χ1v) is 7.57. The van der Waals surface area contributed by atoms with Gasteiger partial charge in [0.25, 0.3) is 0 Å². The van der Waals surface area contributed by atoms with Gasteiger partial charge in [0.1, 0.15) is 11.5 Å². The largest absolute Gasteiger partial charge is 0.497 e. The molecule has 0 spiro atoms. The van der Waals surface area contributed by atoms with Crippen molar-refractivity contribution in [1.82, 2.24) is 0 Å². The minimum Gasteiger partial charge on any atom is -0.497 e. The fraction of sp³-hybridized carbons (Fsp3) is 0.294. The third kappa shape index (κ3) is 3.77. The van der Waals surface area contributed by atoms with Crippen molar-refractivity contribution < 1.29 is 9.47 Å². The Morgan fingerprint density at radius 3 is 2.57 bits per heavy atom. The van der Waals surface area contributed by atoms with Crippen molar-refractivity contribution in [2.75, 3.05) is 14.2 Å². The van der Waals surface area contributed by atoms with Crippen LogP contribution in [0.15, 0.2) is 40.9 Å². The van der Waals surface area contributed by atoms with Gasteiger partial charge in [-0.15, -0.1) is 0 Å². The van der Waals surface area contributed by atoms with E-state index >= 15 is 0 Å². The Balaban J connectivity index is 2.27. The highest BCUT2D eigenvalue weighted by atomic mass is 79.9. The summed E-state index contributed by atoms with van der Waals surface area (Å²) in [5, 5.41) is 0. The molecule has 0 fully saturated rings. The summed E-state index contributed by atoms with van der Waals surface area (Å²) in [6.07, 6.45) is 0.725. The molecule has 0 heterocycles. The van der Waals surface area contributed by atoms with Gasteiger partial charge in [-0.05, 0) is 48.7 Å². The molecule has 1 atom stereocenters. The minimum absolute atomic E-state index is 0.135. The zero-order chi connectivity index (χ0) is 15.4. The van der Waals surface area contributed by atoms with Crippen LogP contribution in [0.3, 0.4) is 0 Å². The average Bonchev–Trinajstić information content (AvgIpc) is 2.49. The maximum absolute atomic E-state index is 6.37. The van der Waals surface area contributed by atoms with Gasteiger partial charge in [-0.2, -0.15) is 0 Å². The van der Waals surface area contributed by atoms with Crippen molar-refractivity contribution in [1.29, 1.82) is 0 Å². The maximum Gasteiger partial charge on any atom is 0.123 e. The Hall–Kier alpha value is -1.52. The highest BCUT2D eigenvalue weighted by Crippen LogP contribution is 2.32. The summed E-state index contributed by atoms with van der Waals surface area (Å²) in [4.78, 5) is 0. The number of benzene rings is 2. The van der Waals surface area contributed by atoms with Crippen molar-refractivity contribution in [3.63, 3.8) is 0 Å². The molecule has 21 heavy (non-hydrogen) atoms. The Kier molecular flexibility index (Phi) is 5.26. The van der Waals surface area contributed by atoms with E-state index in [1.807, 2.05) is 37.3 Å². The van der Waals surface area contributed by atoms with E-state index < -0.39 is 0 Å². The number of hydrogen-bond acceptors (Lipinski definition) is 3. The molecular formula is C17H20BrNO2. The molecule has 0 bridgehead atoms. The lowest BCUT2D eigenvalue weighted by molar-refractivity contribution is 0.404. The number of aryl methyl sites for hydroxylation is 1. The molecule has 2 rings (SSSR count). The molecule has 2 aromatic rings. The van der Waals surface area contributed by atoms with Crippen LogP contribution in [-0.4, -0.2) is 14.2 Å². The van der Waals surface area contributed by atoms with Crippen LogP contribution in [0.1, 0.15) is 22.7 Å². The molecule has 0 radical (unpaired) electrons. The van der Waals surface area contributed by atoms with Gasteiger partial charge in [0.15, 0.2) is 0 Å². The molecule has 0 aliphatic heterocycles. The second-order valence-electron chi connectivity index (χ2n) is 5.01. The number of rotatable bonds is 5. The Labute approximate surface area is 134 Å². The van der Waals surface area contributed by atoms with Crippen LogP contribution in [0, 0.1) is 6.92 Å². The lowest BCUT2D eigenvalue weighted by Crippen LogP contribution is -2.15. The molecule has 1 unspecified atom stereocenters. The average molecular weight is 350 g/mol. The van der Waals surface area contributed by atoms with Crippen LogP contribution in [0.25, 0.3) is 0 Å². The zero-order valence-electron chi connectivity index (χ0n) is 12.5. The molecule has 2 aromatic carbocycles. The molecule has 0 aliphatic rings. The molecule has 0 aromatic heterocycles. The van der Waals surface area contributed by atoms with Gasteiger partial charge in [-0.3, -0.25) is 0 Å². The van der Waals surface area contributed by atoms with Crippen LogP contribution in [0.2, 0.25) is 0 Å². The second kappa shape index (κ2) is 6.96. The fourth-order valence-electron chi connectivity index (χ4n) is 2.30. The topological polar surface area (TPSA) is 44.5 Å². The summed E-state index contributed by atoms with van der Waals surface area (Å²) < 4.78 is 11.7. The first-order chi connectivity index (χ1) is 10.0. The van der Waals surface area contributed by atoms with Crippen molar-refractivity contribution in [3.8, 4) is 11.5 Å². The third-order valence-electron chi connectivity index (χ3n) is 3.50. The Bertz CT molecular complexity index is 628. The van der Waals surface area contributed by atoms with E-state index in [1.54, 1.807) is 14.2 Å². The number of hydrogen-bond donors (Lipinski definition) is 1. The van der Waals surface area contributed by atoms with Gasteiger partial charge in [0.05, 0.1) is 14.2 Å². The number of halogens is 1. The summed E-state index contributed by atoms with van der Waals surface area (Å²) in [6.45, 7) is 2.03. The van der Waals surface area contributed by atoms with E-state index in [1.165, 1.54) is 0 Å². The summed E-state index contributed by atoms with van der Waals surface area (Å²) in [5.41, 5.74) is 9.64. The van der Waals surface area contributed by atoms with Crippen molar-refractivity contribution in [3.05, 3.63) is 57.6 Å². The van der Waals surface area contributed by atoms with Gasteiger partial charge in [-0.1, -0.05) is 28.1 Å². The van der Waals surface area contributed by atoms with Gasteiger partial charge >= 0.3 is 0 Å². The summed E-state index contributed by atoms with van der Waals surface area (Å²) >= 11 is 3.55. The Morgan fingerprint density at radius 1 is 1.14 bits per heavy atom. The SMILES string of the molecule is COc1cccc(CC(N)c2cc(Br)c(C)cc2OC)c1. The Morgan fingerprint density at radius 2 is 1.90 bits per heavy atom. The maximum atomic E-state index is 6.37. The van der Waals surface area contributed by atoms with E-state index in [4.69, 9.17) is 15.2 Å². The standard InChI is InChI=1S/C17H20BrNO2/c1-11-7-17(21-3)14(10-15(11)18)16(19)9-12-5-4-6-13(8-12)20-2/h4-8,10,16H,9,19H2,1-3H3. The van der Waals surface area contributed by atoms with E-state index in [2.05, 4.69) is 22.0 Å². The predicted octanol–water partition coefficient (Wildman–Crippen LogP) is 4.02. The quantitative estimate of drug-likeness (QED) is 0.886. The van der Waals surface area contributed by atoms with Crippen molar-refractivity contribution >= 4 is 15.9 Å². The van der Waals surface area contributed by atoms with Gasteiger partial charge in [0.2, 0.25) is 0 Å². The van der Waals surface area contributed by atoms with E-state index in [0.717, 1.165) is 39.1 Å². The third-order valence-corrected chi connectivity index (χ3v) is 4.35. The molecule has 0 aliphatic carbocycles. The molecule has 3 nitrogen and oxygen atoms in total. The zero-order valence-corrected chi connectivity index (χ0v) is 14.1. The van der Waals surface area contributed by atoms with E-state index in [0.29, 0.717) is 0 Å². The van der Waals surface area contributed by atoms with Crippen molar-refractivity contribution in [2.24, 2.45) is 5.73 Å². The van der Waals surface area contributed by atoms with Crippen molar-refractivity contribution in [2.45, 2.75) is 19.4 Å². The van der Waals surface area contributed by atoms with Crippen LogP contribution in [0.4, 0.5) is 0 Å². The molecule has 0 saturated heterocycles. The molecule has 2 N–H and O–H groups in total. The second-order valence-corrected chi connectivity index (χ2v) is 5.86. The number of nitrogens with two attached hydrogens (primary N) is 1. The molecule has 4 heteroatoms. The normalized spacial score (nSPS) is 12.0. The van der Waals surface area contributed by atoms with Crippen LogP contribution >= 0.6 is 15.9 Å². The van der Waals surface area contributed by atoms with Gasteiger partial charge in [0, 0.05) is 16.1 Å². The molecule has 0 amide bonds. The highest BCUT2D eigenvalue weighted by molar-refractivity contribution is 9.10. The number of methoxy groups -OCH3 is 2. The van der Waals surface area contributed by atoms with E-state index in [9.17, 15) is 0 Å². The van der Waals surface area contributed by atoms with E-state index in [-0.39, 0.29) is 6.04 Å².